The average molecular weight is 392 g/mol. The van der Waals surface area contributed by atoms with E-state index in [0.717, 1.165) is 31.6 Å². The molecule has 0 radical (unpaired) electrons. The summed E-state index contributed by atoms with van der Waals surface area (Å²) in [4.78, 5) is 14.0. The number of carbonyl (C=O) groups is 1. The van der Waals surface area contributed by atoms with E-state index in [2.05, 4.69) is 10.00 Å². The molecular weight excluding hydrogens is 374 g/mol. The van der Waals surface area contributed by atoms with Crippen LogP contribution < -0.4 is 4.90 Å². The molecule has 0 unspecified atom stereocenters. The van der Waals surface area contributed by atoms with Gasteiger partial charge in [-0.2, -0.15) is 10.4 Å². The Morgan fingerprint density at radius 2 is 1.83 bits per heavy atom. The van der Waals surface area contributed by atoms with Gasteiger partial charge in [-0.05, 0) is 49.2 Å². The topological polar surface area (TPSA) is 61.9 Å². The predicted molar refractivity (Wildman–Crippen MR) is 105 cm³/mol. The number of nitrogens with zero attached hydrogens (tertiary/aromatic N) is 4. The Hall–Kier alpha value is -3.53. The second-order valence-electron chi connectivity index (χ2n) is 7.02. The summed E-state index contributed by atoms with van der Waals surface area (Å²) < 4.78 is 30.5. The van der Waals surface area contributed by atoms with Gasteiger partial charge < -0.3 is 4.90 Å². The number of hydrogen-bond acceptors (Lipinski definition) is 4. The van der Waals surface area contributed by atoms with Gasteiger partial charge in [-0.15, -0.1) is 0 Å². The van der Waals surface area contributed by atoms with E-state index in [1.165, 1.54) is 35.9 Å². The van der Waals surface area contributed by atoms with Gasteiger partial charge in [0.05, 0.1) is 11.3 Å². The fraction of sp³-hybridized carbons (Fsp3) is 0.227. The van der Waals surface area contributed by atoms with Gasteiger partial charge in [-0.3, -0.25) is 4.79 Å². The van der Waals surface area contributed by atoms with Gasteiger partial charge in [0.2, 0.25) is 0 Å². The Bertz CT molecular complexity index is 1140. The van der Waals surface area contributed by atoms with Crippen LogP contribution in [0.1, 0.15) is 35.8 Å². The zero-order valence-electron chi connectivity index (χ0n) is 15.8. The number of Topliss-reactive ketones (excluding diaryl/α,β-unsaturated/α-hetero) is 1. The summed E-state index contributed by atoms with van der Waals surface area (Å²) in [7, 11) is 0. The van der Waals surface area contributed by atoms with Crippen molar-refractivity contribution >= 4 is 11.5 Å². The van der Waals surface area contributed by atoms with Crippen molar-refractivity contribution in [3.8, 4) is 23.0 Å². The van der Waals surface area contributed by atoms with Crippen LogP contribution in [0.2, 0.25) is 0 Å². The highest BCUT2D eigenvalue weighted by Gasteiger charge is 2.20. The van der Waals surface area contributed by atoms with E-state index in [1.807, 2.05) is 6.07 Å². The Labute approximate surface area is 166 Å². The smallest absolute Gasteiger partial charge is 0.180 e. The first-order chi connectivity index (χ1) is 14.0. The van der Waals surface area contributed by atoms with Crippen molar-refractivity contribution in [2.24, 2.45) is 0 Å². The molecular formula is C22H18F2N4O. The molecule has 2 heterocycles. The second-order valence-corrected chi connectivity index (χ2v) is 7.02. The number of anilines is 1. The summed E-state index contributed by atoms with van der Waals surface area (Å²) in [6, 6.07) is 12.2. The van der Waals surface area contributed by atoms with Crippen LogP contribution in [0, 0.1) is 23.0 Å². The van der Waals surface area contributed by atoms with Gasteiger partial charge in [0, 0.05) is 31.3 Å². The maximum absolute atomic E-state index is 15.0. The van der Waals surface area contributed by atoms with E-state index in [-0.39, 0.29) is 22.7 Å². The largest absolute Gasteiger partial charge is 0.371 e. The third-order valence-electron chi connectivity index (χ3n) is 5.09. The highest BCUT2D eigenvalue weighted by Crippen LogP contribution is 2.29. The number of rotatable bonds is 4. The van der Waals surface area contributed by atoms with Crippen LogP contribution in [0.5, 0.6) is 0 Å². The van der Waals surface area contributed by atoms with Crippen LogP contribution in [0.3, 0.4) is 0 Å². The van der Waals surface area contributed by atoms with Gasteiger partial charge >= 0.3 is 0 Å². The van der Waals surface area contributed by atoms with E-state index >= 15 is 4.39 Å². The first-order valence-corrected chi connectivity index (χ1v) is 9.34. The average Bonchev–Trinajstić information content (AvgIpc) is 3.38. The van der Waals surface area contributed by atoms with Gasteiger partial charge in [0.1, 0.15) is 23.3 Å². The molecule has 146 valence electrons. The minimum absolute atomic E-state index is 0.0900. The van der Waals surface area contributed by atoms with Crippen LogP contribution in [-0.4, -0.2) is 28.7 Å². The quantitative estimate of drug-likeness (QED) is 0.614. The summed E-state index contributed by atoms with van der Waals surface area (Å²) in [5.74, 6) is -1.46. The van der Waals surface area contributed by atoms with Gasteiger partial charge in [0.15, 0.2) is 11.6 Å². The van der Waals surface area contributed by atoms with Crippen LogP contribution in [-0.2, 0) is 0 Å². The maximum atomic E-state index is 15.0. The Morgan fingerprint density at radius 3 is 2.45 bits per heavy atom. The molecule has 3 aromatic rings. The number of aromatic nitrogens is 2. The fourth-order valence-electron chi connectivity index (χ4n) is 3.55. The molecule has 1 fully saturated rings. The van der Waals surface area contributed by atoms with Crippen molar-refractivity contribution in [1.82, 2.24) is 9.78 Å². The zero-order valence-corrected chi connectivity index (χ0v) is 15.8. The number of nitriles is 1. The van der Waals surface area contributed by atoms with Gasteiger partial charge in [-0.25, -0.2) is 13.5 Å². The fourth-order valence-corrected chi connectivity index (χ4v) is 3.55. The van der Waals surface area contributed by atoms with Crippen molar-refractivity contribution in [2.45, 2.75) is 19.8 Å². The molecule has 0 N–H and O–H groups in total. The monoisotopic (exact) mass is 392 g/mol. The molecule has 0 atom stereocenters. The number of ketones is 1. The molecule has 1 aromatic heterocycles. The summed E-state index contributed by atoms with van der Waals surface area (Å²) in [5.41, 5.74) is 1.78. The molecule has 2 aromatic carbocycles. The molecule has 0 spiro atoms. The summed E-state index contributed by atoms with van der Waals surface area (Å²) >= 11 is 0. The first-order valence-electron chi connectivity index (χ1n) is 9.34. The lowest BCUT2D eigenvalue weighted by atomic mass is 10.1. The van der Waals surface area contributed by atoms with Crippen LogP contribution in [0.4, 0.5) is 14.5 Å². The van der Waals surface area contributed by atoms with E-state index in [9.17, 15) is 9.18 Å². The van der Waals surface area contributed by atoms with Crippen LogP contribution in [0.15, 0.2) is 42.5 Å². The van der Waals surface area contributed by atoms with E-state index in [0.29, 0.717) is 11.3 Å². The molecule has 1 saturated heterocycles. The van der Waals surface area contributed by atoms with E-state index < -0.39 is 11.6 Å². The highest BCUT2D eigenvalue weighted by atomic mass is 19.1. The third-order valence-corrected chi connectivity index (χ3v) is 5.09. The molecule has 0 aliphatic carbocycles. The SMILES string of the molecule is CC(=O)c1cc(-c2ccc(C#N)c(F)c2)n(-c2ccc(N3CCCC3)cc2F)n1. The highest BCUT2D eigenvalue weighted by molar-refractivity contribution is 5.93. The van der Waals surface area contributed by atoms with Gasteiger partial charge in [-0.1, -0.05) is 6.07 Å². The summed E-state index contributed by atoms with van der Waals surface area (Å²) in [6.07, 6.45) is 2.16. The number of halogens is 2. The van der Waals surface area contributed by atoms with Crippen molar-refractivity contribution in [3.63, 3.8) is 0 Å². The zero-order chi connectivity index (χ0) is 20.5. The lowest BCUT2D eigenvalue weighted by Crippen LogP contribution is -2.18. The van der Waals surface area contributed by atoms with Crippen LogP contribution in [0.25, 0.3) is 16.9 Å². The summed E-state index contributed by atoms with van der Waals surface area (Å²) in [6.45, 7) is 3.15. The summed E-state index contributed by atoms with van der Waals surface area (Å²) in [5, 5.41) is 13.2. The minimum atomic E-state index is -0.688. The Balaban J connectivity index is 1.82. The van der Waals surface area contributed by atoms with Crippen molar-refractivity contribution in [3.05, 3.63) is 65.4 Å². The number of carbonyl (C=O) groups excluding carboxylic acids is 1. The Kier molecular flexibility index (Phi) is 4.85. The van der Waals surface area contributed by atoms with E-state index in [1.54, 1.807) is 18.2 Å². The number of hydrogen-bond donors (Lipinski definition) is 0. The maximum Gasteiger partial charge on any atom is 0.180 e. The van der Waals surface area contributed by atoms with Crippen molar-refractivity contribution < 1.29 is 13.6 Å². The lowest BCUT2D eigenvalue weighted by molar-refractivity contribution is 0.101. The first kappa shape index (κ1) is 18.8. The molecule has 1 aliphatic rings. The minimum Gasteiger partial charge on any atom is -0.371 e. The third kappa shape index (κ3) is 3.49. The predicted octanol–water partition coefficient (Wildman–Crippen LogP) is 4.49. The molecule has 1 aliphatic heterocycles. The molecule has 0 saturated carbocycles. The molecule has 0 bridgehead atoms. The van der Waals surface area contributed by atoms with Crippen LogP contribution >= 0.6 is 0 Å². The molecule has 29 heavy (non-hydrogen) atoms. The normalized spacial score (nSPS) is 13.5. The number of benzene rings is 2. The van der Waals surface area contributed by atoms with Crippen molar-refractivity contribution in [2.75, 3.05) is 18.0 Å². The lowest BCUT2D eigenvalue weighted by Gasteiger charge is -2.18. The van der Waals surface area contributed by atoms with Gasteiger partial charge in [0.25, 0.3) is 0 Å². The molecule has 7 heteroatoms. The van der Waals surface area contributed by atoms with Crippen molar-refractivity contribution in [1.29, 1.82) is 5.26 Å². The molecule has 5 nitrogen and oxygen atoms in total. The standard InChI is InChI=1S/C22H18F2N4O/c1-14(29)20-12-22(15-4-5-16(13-25)18(23)10-15)28(26-20)21-7-6-17(11-19(21)24)27-8-2-3-9-27/h4-7,10-12H,2-3,8-9H2,1H3. The Morgan fingerprint density at radius 1 is 1.07 bits per heavy atom. The second kappa shape index (κ2) is 7.47. The molecule has 0 amide bonds. The van der Waals surface area contributed by atoms with E-state index in [4.69, 9.17) is 5.26 Å². The molecule has 4 rings (SSSR count).